The summed E-state index contributed by atoms with van der Waals surface area (Å²) in [7, 11) is -5.39. The molecule has 0 bridgehead atoms. The fraction of sp³-hybridized carbons (Fsp3) is 0. The fourth-order valence-electron chi connectivity index (χ4n) is 0. The second-order valence-electron chi connectivity index (χ2n) is 0.447. The van der Waals surface area contributed by atoms with Crippen LogP contribution < -0.4 is 19.4 Å². The Balaban J connectivity index is -0.0000000267. The van der Waals surface area contributed by atoms with Crippen LogP contribution in [0.15, 0.2) is 0 Å². The molecule has 4 nitrogen and oxygen atoms in total. The molecular formula is AlFMgO4P+. The van der Waals surface area contributed by atoms with Crippen LogP contribution in [0.2, 0.25) is 0 Å². The van der Waals surface area contributed by atoms with Crippen LogP contribution in [0.5, 0.6) is 0 Å². The number of phosphoric acid groups is 1. The molecule has 0 heterocycles. The van der Waals surface area contributed by atoms with E-state index in [0.29, 0.717) is 0 Å². The van der Waals surface area contributed by atoms with Crippen molar-refractivity contribution in [2.24, 2.45) is 0 Å². The Morgan fingerprint density at radius 1 is 1.12 bits per heavy atom. The van der Waals surface area contributed by atoms with Crippen molar-refractivity contribution in [2.75, 3.05) is 0 Å². The van der Waals surface area contributed by atoms with E-state index in [2.05, 4.69) is 0 Å². The first-order valence-electron chi connectivity index (χ1n) is 0.730. The maximum Gasteiger partial charge on any atom is 3.00 e. The zero-order chi connectivity index (χ0) is 4.50. The third-order valence-electron chi connectivity index (χ3n) is 0. The van der Waals surface area contributed by atoms with E-state index in [9.17, 15) is 0 Å². The molecule has 0 aromatic rings. The van der Waals surface area contributed by atoms with Gasteiger partial charge in [-0.15, -0.1) is 0 Å². The molecule has 0 rings (SSSR count). The predicted octanol–water partition coefficient (Wildman–Crippen LogP) is -6.58. The summed E-state index contributed by atoms with van der Waals surface area (Å²) in [5.74, 6) is 0. The van der Waals surface area contributed by atoms with E-state index in [0.717, 1.165) is 0 Å². The van der Waals surface area contributed by atoms with Crippen molar-refractivity contribution < 1.29 is 23.9 Å². The summed E-state index contributed by atoms with van der Waals surface area (Å²) in [5.41, 5.74) is 0. The van der Waals surface area contributed by atoms with Crippen LogP contribution in [0.3, 0.4) is 0 Å². The molecule has 8 heteroatoms. The Morgan fingerprint density at radius 2 is 1.12 bits per heavy atom. The van der Waals surface area contributed by atoms with Gasteiger partial charge in [-0.3, -0.25) is 0 Å². The molecule has 0 aliphatic heterocycles. The van der Waals surface area contributed by atoms with Gasteiger partial charge in [0.15, 0.2) is 0 Å². The molecule has 0 saturated heterocycles. The summed E-state index contributed by atoms with van der Waals surface area (Å²) in [6.07, 6.45) is 0. The Morgan fingerprint density at radius 3 is 1.12 bits per heavy atom. The third kappa shape index (κ3) is 165. The molecule has 0 fully saturated rings. The van der Waals surface area contributed by atoms with Crippen molar-refractivity contribution in [3.63, 3.8) is 0 Å². The Bertz CT molecular complexity index is 62.2. The third-order valence-corrected chi connectivity index (χ3v) is 0. The van der Waals surface area contributed by atoms with Crippen molar-refractivity contribution in [2.45, 2.75) is 0 Å². The first-order chi connectivity index (χ1) is 2.00. The molecule has 0 aromatic carbocycles. The van der Waals surface area contributed by atoms with Gasteiger partial charge in [-0.1, -0.05) is 0 Å². The number of rotatable bonds is 0. The van der Waals surface area contributed by atoms with Gasteiger partial charge in [0.2, 0.25) is 0 Å². The monoisotopic (exact) mass is 165 g/mol. The first-order valence-corrected chi connectivity index (χ1v) is 2.19. The summed E-state index contributed by atoms with van der Waals surface area (Å²) in [4.78, 5) is 25.6. The van der Waals surface area contributed by atoms with E-state index in [1.807, 2.05) is 0 Å². The maximum atomic E-state index is 8.55. The van der Waals surface area contributed by atoms with Gasteiger partial charge >= 0.3 is 40.4 Å². The quantitative estimate of drug-likeness (QED) is 0.264. The molecule has 40 valence electrons. The van der Waals surface area contributed by atoms with Crippen molar-refractivity contribution >= 4 is 48.2 Å². The molecule has 0 aliphatic rings. The van der Waals surface area contributed by atoms with Crippen molar-refractivity contribution in [1.29, 1.82) is 0 Å². The first kappa shape index (κ1) is 22.8. The Labute approximate surface area is 72.2 Å². The van der Waals surface area contributed by atoms with Gasteiger partial charge in [0.1, 0.15) is 0 Å². The van der Waals surface area contributed by atoms with E-state index in [1.165, 1.54) is 0 Å². The van der Waals surface area contributed by atoms with Gasteiger partial charge in [-0.05, 0) is 0 Å². The summed E-state index contributed by atoms with van der Waals surface area (Å²) in [6, 6.07) is 0. The molecule has 0 aliphatic carbocycles. The number of halogens is 1. The predicted molar refractivity (Wildman–Crippen MR) is 19.1 cm³/mol. The van der Waals surface area contributed by atoms with E-state index >= 15 is 0 Å². The van der Waals surface area contributed by atoms with Crippen LogP contribution in [-0.2, 0) is 4.57 Å². The summed E-state index contributed by atoms with van der Waals surface area (Å²) in [5, 5.41) is 0. The molecule has 0 aromatic heterocycles. The maximum absolute atomic E-state index is 8.55. The molecule has 0 radical (unpaired) electrons. The second-order valence-corrected chi connectivity index (χ2v) is 1.34. The van der Waals surface area contributed by atoms with Gasteiger partial charge in [-0.25, -0.2) is 0 Å². The molecule has 0 unspecified atom stereocenters. The van der Waals surface area contributed by atoms with E-state index < -0.39 is 7.82 Å². The van der Waals surface area contributed by atoms with Crippen LogP contribution in [0.25, 0.3) is 0 Å². The molecule has 0 saturated carbocycles. The van der Waals surface area contributed by atoms with E-state index in [1.54, 1.807) is 0 Å². The van der Waals surface area contributed by atoms with Crippen LogP contribution in [0, 0.1) is 0 Å². The Hall–Kier alpha value is 1.34. The smallest absolute Gasteiger partial charge is 1.00 e. The van der Waals surface area contributed by atoms with Crippen LogP contribution in [0.1, 0.15) is 0 Å². The van der Waals surface area contributed by atoms with Crippen molar-refractivity contribution in [1.82, 2.24) is 0 Å². The largest absolute Gasteiger partial charge is 3.00 e. The number of hydrogen-bond donors (Lipinski definition) is 0. The minimum absolute atomic E-state index is 0. The molecule has 0 spiro atoms. The minimum Gasteiger partial charge on any atom is -1.00 e. The van der Waals surface area contributed by atoms with E-state index in [4.69, 9.17) is 19.2 Å². The molecule has 0 atom stereocenters. The topological polar surface area (TPSA) is 86.2 Å². The van der Waals surface area contributed by atoms with Gasteiger partial charge in [0, 0.05) is 0 Å². The van der Waals surface area contributed by atoms with Gasteiger partial charge in [0.05, 0.1) is 0 Å². The summed E-state index contributed by atoms with van der Waals surface area (Å²) in [6.45, 7) is 0. The van der Waals surface area contributed by atoms with Crippen LogP contribution in [-0.4, -0.2) is 40.4 Å². The van der Waals surface area contributed by atoms with Crippen LogP contribution >= 0.6 is 7.82 Å². The number of hydrogen-bond acceptors (Lipinski definition) is 4. The summed E-state index contributed by atoms with van der Waals surface area (Å²) >= 11 is 0. The fourth-order valence-corrected chi connectivity index (χ4v) is 0. The minimum atomic E-state index is -5.39. The van der Waals surface area contributed by atoms with Crippen LogP contribution in [0.4, 0.5) is 0 Å². The molecule has 0 amide bonds. The normalized spacial score (nSPS) is 7.38. The molecule has 0 N–H and O–H groups in total. The molecule has 8 heavy (non-hydrogen) atoms. The standard InChI is InChI=1S/Al.FH.Mg.H3O4P/c;;;1-5(2,3)4/h;1H;;(H3,1,2,3,4)/q+3;;+2;/p-4. The average molecular weight is 165 g/mol. The van der Waals surface area contributed by atoms with Crippen molar-refractivity contribution in [3.8, 4) is 0 Å². The van der Waals surface area contributed by atoms with Gasteiger partial charge in [-0.2, -0.15) is 7.82 Å². The zero-order valence-corrected chi connectivity index (χ0v) is 7.21. The summed E-state index contributed by atoms with van der Waals surface area (Å²) < 4.78 is 8.55. The van der Waals surface area contributed by atoms with Gasteiger partial charge < -0.3 is 23.9 Å². The van der Waals surface area contributed by atoms with Crippen molar-refractivity contribution in [3.05, 3.63) is 0 Å². The molecular weight excluding hydrogens is 165 g/mol. The Kier molecular flexibility index (Phi) is 23.7. The second kappa shape index (κ2) is 8.34. The zero-order valence-electron chi connectivity index (χ0n) is 3.74. The van der Waals surface area contributed by atoms with Gasteiger partial charge in [0.25, 0.3) is 0 Å². The SMILES string of the molecule is O=P([O-])([O-])[O-].[Al+3].[F-].[Mg+2]. The average Bonchev–Trinajstić information content (AvgIpc) is 0.722. The van der Waals surface area contributed by atoms with E-state index in [-0.39, 0.29) is 45.1 Å².